The third kappa shape index (κ3) is 5.98. The quantitative estimate of drug-likeness (QED) is 0.387. The number of carbonyl (C=O) groups excluding carboxylic acids is 2. The van der Waals surface area contributed by atoms with E-state index in [9.17, 15) is 9.59 Å². The molecule has 0 aromatic heterocycles. The van der Waals surface area contributed by atoms with Crippen LogP contribution in [0.5, 0.6) is 5.75 Å². The number of para-hydroxylation sites is 1. The fourth-order valence-electron chi connectivity index (χ4n) is 4.25. The molecule has 2 saturated heterocycles. The summed E-state index contributed by atoms with van der Waals surface area (Å²) < 4.78 is 11.4. The molecule has 0 aliphatic carbocycles. The molecule has 0 spiro atoms. The van der Waals surface area contributed by atoms with E-state index in [1.807, 2.05) is 79.7 Å². The molecule has 3 aromatic carbocycles. The highest BCUT2D eigenvalue weighted by atomic mass is 32.2. The van der Waals surface area contributed by atoms with Crippen LogP contribution in [0.3, 0.4) is 0 Å². The molecular formula is C30H29N3O4S. The molecule has 2 fully saturated rings. The van der Waals surface area contributed by atoms with Crippen molar-refractivity contribution in [2.45, 2.75) is 13.5 Å². The molecule has 7 nitrogen and oxygen atoms in total. The Balaban J connectivity index is 1.36. The number of hydrogen-bond acceptors (Lipinski definition) is 6. The Morgan fingerprint density at radius 2 is 1.79 bits per heavy atom. The van der Waals surface area contributed by atoms with Crippen LogP contribution >= 0.6 is 11.8 Å². The summed E-state index contributed by atoms with van der Waals surface area (Å²) in [6, 6.07) is 24.9. The van der Waals surface area contributed by atoms with E-state index in [-0.39, 0.29) is 11.8 Å². The minimum atomic E-state index is -0.102. The van der Waals surface area contributed by atoms with Gasteiger partial charge >= 0.3 is 0 Å². The molecule has 2 heterocycles. The molecule has 0 saturated carbocycles. The second kappa shape index (κ2) is 12.1. The minimum absolute atomic E-state index is 0.0365. The maximum Gasteiger partial charge on any atom is 0.266 e. The summed E-state index contributed by atoms with van der Waals surface area (Å²) in [4.78, 5) is 35.0. The third-order valence-electron chi connectivity index (χ3n) is 6.26. The number of ether oxygens (including phenoxy) is 2. The number of benzene rings is 3. The van der Waals surface area contributed by atoms with Crippen LogP contribution in [0.1, 0.15) is 28.4 Å². The number of carbonyl (C=O) groups is 2. The highest BCUT2D eigenvalue weighted by Crippen LogP contribution is 2.35. The Hall–Kier alpha value is -3.88. The average molecular weight is 528 g/mol. The lowest BCUT2D eigenvalue weighted by atomic mass is 10.1. The predicted octanol–water partition coefficient (Wildman–Crippen LogP) is 5.36. The van der Waals surface area contributed by atoms with E-state index in [1.54, 1.807) is 21.9 Å². The summed E-state index contributed by atoms with van der Waals surface area (Å²) in [7, 11) is 0. The van der Waals surface area contributed by atoms with E-state index in [4.69, 9.17) is 14.5 Å². The Morgan fingerprint density at radius 3 is 2.58 bits per heavy atom. The summed E-state index contributed by atoms with van der Waals surface area (Å²) >= 11 is 1.33. The molecule has 0 unspecified atom stereocenters. The number of amidine groups is 1. The fourth-order valence-corrected chi connectivity index (χ4v) is 5.30. The maximum atomic E-state index is 13.3. The Labute approximate surface area is 226 Å². The van der Waals surface area contributed by atoms with Crippen molar-refractivity contribution in [2.24, 2.45) is 4.99 Å². The number of thioether (sulfide) groups is 1. The van der Waals surface area contributed by atoms with Crippen LogP contribution in [0.4, 0.5) is 5.69 Å². The molecular weight excluding hydrogens is 498 g/mol. The molecule has 194 valence electrons. The minimum Gasteiger partial charge on any atom is -0.488 e. The van der Waals surface area contributed by atoms with Crippen LogP contribution in [0.25, 0.3) is 6.08 Å². The average Bonchev–Trinajstić information content (AvgIpc) is 3.26. The number of likely N-dealkylation sites (N-methyl/N-ethyl adjacent to an activating group) is 1. The van der Waals surface area contributed by atoms with Crippen molar-refractivity contribution in [1.82, 2.24) is 9.80 Å². The molecule has 8 heteroatoms. The van der Waals surface area contributed by atoms with E-state index < -0.39 is 0 Å². The van der Waals surface area contributed by atoms with Crippen LogP contribution in [0.2, 0.25) is 0 Å². The van der Waals surface area contributed by atoms with Crippen molar-refractivity contribution in [2.75, 3.05) is 32.8 Å². The first kappa shape index (κ1) is 25.8. The Kier molecular flexibility index (Phi) is 8.21. The lowest BCUT2D eigenvalue weighted by Gasteiger charge is -2.26. The second-order valence-electron chi connectivity index (χ2n) is 8.82. The highest BCUT2D eigenvalue weighted by Gasteiger charge is 2.32. The van der Waals surface area contributed by atoms with Gasteiger partial charge in [0.15, 0.2) is 5.17 Å². The van der Waals surface area contributed by atoms with Gasteiger partial charge in [-0.1, -0.05) is 54.6 Å². The van der Waals surface area contributed by atoms with E-state index in [0.717, 1.165) is 11.1 Å². The molecule has 2 aliphatic heterocycles. The molecule has 3 aromatic rings. The molecule has 2 aliphatic rings. The zero-order chi connectivity index (χ0) is 26.3. The van der Waals surface area contributed by atoms with Crippen LogP contribution < -0.4 is 4.74 Å². The van der Waals surface area contributed by atoms with Crippen molar-refractivity contribution in [3.8, 4) is 5.75 Å². The summed E-state index contributed by atoms with van der Waals surface area (Å²) in [5, 5.41) is 0.586. The van der Waals surface area contributed by atoms with Gasteiger partial charge in [0, 0.05) is 30.8 Å². The van der Waals surface area contributed by atoms with Crippen molar-refractivity contribution >= 4 is 40.5 Å². The van der Waals surface area contributed by atoms with E-state index >= 15 is 0 Å². The van der Waals surface area contributed by atoms with Gasteiger partial charge in [-0.2, -0.15) is 0 Å². The predicted molar refractivity (Wildman–Crippen MR) is 150 cm³/mol. The van der Waals surface area contributed by atoms with Crippen molar-refractivity contribution < 1.29 is 19.1 Å². The maximum absolute atomic E-state index is 13.3. The van der Waals surface area contributed by atoms with Crippen molar-refractivity contribution in [3.63, 3.8) is 0 Å². The van der Waals surface area contributed by atoms with Gasteiger partial charge < -0.3 is 14.4 Å². The van der Waals surface area contributed by atoms with E-state index in [2.05, 4.69) is 0 Å². The van der Waals surface area contributed by atoms with Crippen LogP contribution in [0.15, 0.2) is 88.8 Å². The van der Waals surface area contributed by atoms with Gasteiger partial charge in [0.05, 0.1) is 23.8 Å². The standard InChI is InChI=1S/C30H29N3O4S/c1-2-33-29(35)27(20-23-11-6-7-14-26(23)37-21-22-9-4-3-5-10-22)38-30(33)31-25-13-8-12-24(19-25)28(34)32-15-17-36-18-16-32/h3-14,19-20H,2,15-18,21H2,1H3/b27-20+,31-30?. The van der Waals surface area contributed by atoms with E-state index in [1.165, 1.54) is 11.8 Å². The van der Waals surface area contributed by atoms with Crippen LogP contribution in [-0.4, -0.2) is 59.6 Å². The number of morpholine rings is 1. The van der Waals surface area contributed by atoms with Gasteiger partial charge in [-0.3, -0.25) is 14.5 Å². The topological polar surface area (TPSA) is 71.4 Å². The molecule has 0 atom stereocenters. The van der Waals surface area contributed by atoms with Gasteiger partial charge in [0.2, 0.25) is 0 Å². The molecule has 0 radical (unpaired) electrons. The lowest BCUT2D eigenvalue weighted by Crippen LogP contribution is -2.40. The van der Waals surface area contributed by atoms with Crippen LogP contribution in [-0.2, 0) is 16.1 Å². The fraction of sp³-hybridized carbons (Fsp3) is 0.233. The zero-order valence-electron chi connectivity index (χ0n) is 21.2. The smallest absolute Gasteiger partial charge is 0.266 e. The molecule has 5 rings (SSSR count). The first-order valence-corrected chi connectivity index (χ1v) is 13.5. The molecule has 38 heavy (non-hydrogen) atoms. The zero-order valence-corrected chi connectivity index (χ0v) is 22.0. The van der Waals surface area contributed by atoms with Gasteiger partial charge in [-0.15, -0.1) is 0 Å². The van der Waals surface area contributed by atoms with Gasteiger partial charge in [-0.05, 0) is 54.6 Å². The Bertz CT molecular complexity index is 1370. The summed E-state index contributed by atoms with van der Waals surface area (Å²) in [5.74, 6) is 0.570. The van der Waals surface area contributed by atoms with Gasteiger partial charge in [0.25, 0.3) is 11.8 Å². The van der Waals surface area contributed by atoms with Gasteiger partial charge in [0.1, 0.15) is 12.4 Å². The highest BCUT2D eigenvalue weighted by molar-refractivity contribution is 8.18. The van der Waals surface area contributed by atoms with Crippen molar-refractivity contribution in [1.29, 1.82) is 0 Å². The number of amides is 2. The van der Waals surface area contributed by atoms with Crippen LogP contribution in [0, 0.1) is 0 Å². The molecule has 0 bridgehead atoms. The number of aliphatic imine (C=N–C) groups is 1. The summed E-state index contributed by atoms with van der Waals surface area (Å²) in [6.45, 7) is 5.11. The molecule has 0 N–H and O–H groups in total. The first-order chi connectivity index (χ1) is 18.6. The monoisotopic (exact) mass is 527 g/mol. The van der Waals surface area contributed by atoms with Gasteiger partial charge in [-0.25, -0.2) is 4.99 Å². The number of nitrogens with zero attached hydrogens (tertiary/aromatic N) is 3. The number of hydrogen-bond donors (Lipinski definition) is 0. The SMILES string of the molecule is CCN1C(=O)/C(=C\c2ccccc2OCc2ccccc2)SC1=Nc1cccc(C(=O)N2CCOCC2)c1. The second-order valence-corrected chi connectivity index (χ2v) is 9.83. The lowest BCUT2D eigenvalue weighted by molar-refractivity contribution is -0.122. The Morgan fingerprint density at radius 1 is 1.03 bits per heavy atom. The molecule has 2 amide bonds. The van der Waals surface area contributed by atoms with E-state index in [0.29, 0.717) is 66.5 Å². The summed E-state index contributed by atoms with van der Waals surface area (Å²) in [6.07, 6.45) is 1.86. The largest absolute Gasteiger partial charge is 0.488 e. The third-order valence-corrected chi connectivity index (χ3v) is 7.27. The van der Waals surface area contributed by atoms with Crippen molar-refractivity contribution in [3.05, 3.63) is 100 Å². The summed E-state index contributed by atoms with van der Waals surface area (Å²) in [5.41, 5.74) is 3.11. The normalized spacial score (nSPS) is 17.9. The number of rotatable bonds is 7. The first-order valence-electron chi connectivity index (χ1n) is 12.7.